The van der Waals surface area contributed by atoms with E-state index in [-0.39, 0.29) is 0 Å². The van der Waals surface area contributed by atoms with Gasteiger partial charge in [-0.15, -0.1) is 0 Å². The van der Waals surface area contributed by atoms with Gasteiger partial charge < -0.3 is 9.47 Å². The molecular weight excluding hydrogens is 208 g/mol. The molecule has 0 radical (unpaired) electrons. The van der Waals surface area contributed by atoms with Gasteiger partial charge in [-0.25, -0.2) is 0 Å². The molecule has 0 amide bonds. The minimum atomic E-state index is -0.738. The van der Waals surface area contributed by atoms with Gasteiger partial charge in [0.1, 0.15) is 0 Å². The van der Waals surface area contributed by atoms with Gasteiger partial charge in [-0.1, -0.05) is 13.3 Å². The lowest BCUT2D eigenvalue weighted by atomic mass is 10.1. The number of fused-ring (bicyclic) bond motifs is 1. The van der Waals surface area contributed by atoms with Gasteiger partial charge in [-0.05, 0) is 6.42 Å². The monoisotopic (exact) mass is 222 g/mol. The van der Waals surface area contributed by atoms with Crippen molar-refractivity contribution in [2.24, 2.45) is 0 Å². The van der Waals surface area contributed by atoms with Crippen molar-refractivity contribution in [3.05, 3.63) is 23.7 Å². The Morgan fingerprint density at radius 3 is 2.06 bits per heavy atom. The van der Waals surface area contributed by atoms with Crippen molar-refractivity contribution >= 4 is 11.6 Å². The molecule has 4 heteroatoms. The zero-order valence-corrected chi connectivity index (χ0v) is 9.41. The van der Waals surface area contributed by atoms with E-state index in [1.807, 2.05) is 6.92 Å². The van der Waals surface area contributed by atoms with E-state index in [1.165, 1.54) is 12.2 Å². The van der Waals surface area contributed by atoms with Crippen LogP contribution in [-0.4, -0.2) is 17.4 Å². The molecule has 1 heterocycles. The van der Waals surface area contributed by atoms with Gasteiger partial charge in [0.15, 0.2) is 11.5 Å². The van der Waals surface area contributed by atoms with Crippen LogP contribution in [0, 0.1) is 0 Å². The average Bonchev–Trinajstić information content (AvgIpc) is 2.53. The Labute approximate surface area is 93.9 Å². The summed E-state index contributed by atoms with van der Waals surface area (Å²) < 4.78 is 11.1. The first kappa shape index (κ1) is 10.9. The smallest absolute Gasteiger partial charge is 0.248 e. The Balaban J connectivity index is 2.18. The van der Waals surface area contributed by atoms with Gasteiger partial charge in [-0.2, -0.15) is 0 Å². The van der Waals surface area contributed by atoms with Crippen molar-refractivity contribution in [3.63, 3.8) is 0 Å². The first-order valence-electron chi connectivity index (χ1n) is 5.44. The molecule has 1 saturated heterocycles. The number of ketones is 2. The second-order valence-electron chi connectivity index (χ2n) is 4.19. The van der Waals surface area contributed by atoms with Crippen LogP contribution >= 0.6 is 0 Å². The zero-order chi connectivity index (χ0) is 11.8. The first-order valence-corrected chi connectivity index (χ1v) is 5.44. The molecule has 16 heavy (non-hydrogen) atoms. The lowest BCUT2D eigenvalue weighted by molar-refractivity contribution is -0.131. The van der Waals surface area contributed by atoms with Crippen LogP contribution in [0.3, 0.4) is 0 Å². The summed E-state index contributed by atoms with van der Waals surface area (Å²) in [5, 5.41) is 0. The van der Waals surface area contributed by atoms with E-state index >= 15 is 0 Å². The lowest BCUT2D eigenvalue weighted by Crippen LogP contribution is -2.24. The SMILES string of the molecule is CCCCC1(C)OC2=CC(=O)C(=O)C=C2O1. The minimum absolute atomic E-state index is 0.378. The highest BCUT2D eigenvalue weighted by molar-refractivity contribution is 6.46. The molecule has 2 rings (SSSR count). The molecule has 4 nitrogen and oxygen atoms in total. The summed E-state index contributed by atoms with van der Waals surface area (Å²) in [6.07, 6.45) is 5.15. The standard InChI is InChI=1S/C12H14O4/c1-3-4-5-12(2)15-10-6-8(13)9(14)7-11(10)16-12/h6-7H,3-5H2,1-2H3. The molecule has 1 aliphatic carbocycles. The van der Waals surface area contributed by atoms with Crippen LogP contribution in [0.5, 0.6) is 0 Å². The van der Waals surface area contributed by atoms with Gasteiger partial charge in [0.25, 0.3) is 0 Å². The molecule has 0 aromatic carbocycles. The second-order valence-corrected chi connectivity index (χ2v) is 4.19. The molecule has 1 fully saturated rings. The third-order valence-electron chi connectivity index (χ3n) is 2.65. The lowest BCUT2D eigenvalue weighted by Gasteiger charge is -2.21. The average molecular weight is 222 g/mol. The minimum Gasteiger partial charge on any atom is -0.449 e. The Kier molecular flexibility index (Phi) is 2.58. The number of ether oxygens (including phenoxy) is 2. The summed E-state index contributed by atoms with van der Waals surface area (Å²) in [7, 11) is 0. The predicted molar refractivity (Wildman–Crippen MR) is 56.3 cm³/mol. The largest absolute Gasteiger partial charge is 0.449 e. The molecule has 0 atom stereocenters. The highest BCUT2D eigenvalue weighted by atomic mass is 16.7. The number of hydrogen-bond acceptors (Lipinski definition) is 4. The number of carbonyl (C=O) groups is 2. The fourth-order valence-corrected chi connectivity index (χ4v) is 1.77. The van der Waals surface area contributed by atoms with E-state index in [0.29, 0.717) is 11.5 Å². The summed E-state index contributed by atoms with van der Waals surface area (Å²) in [4.78, 5) is 22.3. The molecule has 0 spiro atoms. The molecule has 1 aliphatic heterocycles. The van der Waals surface area contributed by atoms with Gasteiger partial charge >= 0.3 is 0 Å². The molecule has 0 N–H and O–H groups in total. The Morgan fingerprint density at radius 1 is 1.12 bits per heavy atom. The Bertz CT molecular complexity index is 371. The van der Waals surface area contributed by atoms with Crippen LogP contribution in [-0.2, 0) is 19.1 Å². The fraction of sp³-hybridized carbons (Fsp3) is 0.500. The van der Waals surface area contributed by atoms with Crippen LogP contribution in [0.2, 0.25) is 0 Å². The van der Waals surface area contributed by atoms with Crippen LogP contribution in [0.15, 0.2) is 23.7 Å². The molecule has 86 valence electrons. The second kappa shape index (κ2) is 3.77. The first-order chi connectivity index (χ1) is 7.54. The van der Waals surface area contributed by atoms with E-state index in [4.69, 9.17) is 9.47 Å². The molecule has 0 saturated carbocycles. The highest BCUT2D eigenvalue weighted by Crippen LogP contribution is 2.38. The summed E-state index contributed by atoms with van der Waals surface area (Å²) in [6.45, 7) is 3.90. The van der Waals surface area contributed by atoms with E-state index in [9.17, 15) is 9.59 Å². The number of rotatable bonds is 3. The van der Waals surface area contributed by atoms with Crippen molar-refractivity contribution in [2.45, 2.75) is 38.9 Å². The maximum atomic E-state index is 11.2. The maximum absolute atomic E-state index is 11.2. The van der Waals surface area contributed by atoms with Gasteiger partial charge in [-0.3, -0.25) is 9.59 Å². The van der Waals surface area contributed by atoms with E-state index in [1.54, 1.807) is 0 Å². The molecule has 0 unspecified atom stereocenters. The number of carbonyl (C=O) groups excluding carboxylic acids is 2. The summed E-state index contributed by atoms with van der Waals surface area (Å²) in [6, 6.07) is 0. The van der Waals surface area contributed by atoms with Gasteiger partial charge in [0.2, 0.25) is 17.4 Å². The van der Waals surface area contributed by atoms with E-state index < -0.39 is 17.4 Å². The normalized spacial score (nSPS) is 21.9. The fourth-order valence-electron chi connectivity index (χ4n) is 1.77. The quantitative estimate of drug-likeness (QED) is 0.540. The van der Waals surface area contributed by atoms with E-state index in [0.717, 1.165) is 19.3 Å². The molecular formula is C12H14O4. The predicted octanol–water partition coefficient (Wildman–Crippen LogP) is 1.86. The summed E-state index contributed by atoms with van der Waals surface area (Å²) >= 11 is 0. The van der Waals surface area contributed by atoms with Gasteiger partial charge in [0, 0.05) is 25.5 Å². The van der Waals surface area contributed by atoms with Crippen molar-refractivity contribution in [1.29, 1.82) is 0 Å². The third kappa shape index (κ3) is 1.87. The van der Waals surface area contributed by atoms with Crippen LogP contribution in [0.4, 0.5) is 0 Å². The van der Waals surface area contributed by atoms with Crippen molar-refractivity contribution in [3.8, 4) is 0 Å². The van der Waals surface area contributed by atoms with Gasteiger partial charge in [0.05, 0.1) is 0 Å². The topological polar surface area (TPSA) is 52.6 Å². The molecule has 0 aromatic rings. The van der Waals surface area contributed by atoms with Crippen LogP contribution < -0.4 is 0 Å². The van der Waals surface area contributed by atoms with Crippen molar-refractivity contribution in [2.75, 3.05) is 0 Å². The number of unbranched alkanes of at least 4 members (excludes halogenated alkanes) is 1. The Hall–Kier alpha value is -1.58. The third-order valence-corrected chi connectivity index (χ3v) is 2.65. The zero-order valence-electron chi connectivity index (χ0n) is 9.41. The van der Waals surface area contributed by atoms with Crippen LogP contribution in [0.1, 0.15) is 33.1 Å². The Morgan fingerprint density at radius 2 is 1.62 bits per heavy atom. The summed E-state index contributed by atoms with van der Waals surface area (Å²) in [5.41, 5.74) is 0. The maximum Gasteiger partial charge on any atom is 0.248 e. The molecule has 2 aliphatic rings. The molecule has 0 bridgehead atoms. The van der Waals surface area contributed by atoms with Crippen molar-refractivity contribution in [1.82, 2.24) is 0 Å². The molecule has 0 aromatic heterocycles. The number of allylic oxidation sites excluding steroid dienone is 2. The highest BCUT2D eigenvalue weighted by Gasteiger charge is 2.41. The van der Waals surface area contributed by atoms with Crippen molar-refractivity contribution < 1.29 is 19.1 Å². The number of hydrogen-bond donors (Lipinski definition) is 0. The van der Waals surface area contributed by atoms with Crippen LogP contribution in [0.25, 0.3) is 0 Å². The van der Waals surface area contributed by atoms with E-state index in [2.05, 4.69) is 6.92 Å². The summed E-state index contributed by atoms with van der Waals surface area (Å²) in [5.74, 6) is -1.09.